The lowest BCUT2D eigenvalue weighted by atomic mass is 9.75. The van der Waals surface area contributed by atoms with Crippen LogP contribution in [0.5, 0.6) is 0 Å². The van der Waals surface area contributed by atoms with Gasteiger partial charge in [0.2, 0.25) is 17.7 Å². The number of alkyl halides is 3. The first-order valence-electron chi connectivity index (χ1n) is 12.1. The Labute approximate surface area is 202 Å². The quantitative estimate of drug-likeness (QED) is 0.614. The van der Waals surface area contributed by atoms with Crippen molar-refractivity contribution in [3.05, 3.63) is 34.9 Å². The number of halogens is 3. The summed E-state index contributed by atoms with van der Waals surface area (Å²) in [6.45, 7) is 0.630. The van der Waals surface area contributed by atoms with Gasteiger partial charge in [0, 0.05) is 25.6 Å². The Kier molecular flexibility index (Phi) is 7.06. The summed E-state index contributed by atoms with van der Waals surface area (Å²) in [6, 6.07) is 5.89. The fourth-order valence-corrected chi connectivity index (χ4v) is 4.86. The van der Waals surface area contributed by atoms with Crippen LogP contribution >= 0.6 is 0 Å². The highest BCUT2D eigenvalue weighted by Crippen LogP contribution is 2.37. The van der Waals surface area contributed by atoms with Crippen LogP contribution in [0.25, 0.3) is 0 Å². The average molecular weight is 491 g/mol. The van der Waals surface area contributed by atoms with E-state index >= 15 is 0 Å². The molecule has 188 valence electrons. The van der Waals surface area contributed by atoms with Crippen molar-refractivity contribution < 1.29 is 27.6 Å². The Balaban J connectivity index is 1.37. The average Bonchev–Trinajstić information content (AvgIpc) is 3.64. The molecule has 0 unspecified atom stereocenters. The third kappa shape index (κ3) is 5.95. The molecular weight excluding hydrogens is 461 g/mol. The van der Waals surface area contributed by atoms with Crippen molar-refractivity contribution in [3.63, 3.8) is 0 Å². The summed E-state index contributed by atoms with van der Waals surface area (Å²) in [5, 5.41) is 14.7. The molecule has 0 bridgehead atoms. The van der Waals surface area contributed by atoms with E-state index in [1.165, 1.54) is 18.2 Å². The maximum Gasteiger partial charge on any atom is 0.393 e. The van der Waals surface area contributed by atoms with Crippen LogP contribution in [0, 0.1) is 23.2 Å². The zero-order chi connectivity index (χ0) is 25.2. The monoisotopic (exact) mass is 490 g/mol. The van der Waals surface area contributed by atoms with Gasteiger partial charge in [0.25, 0.3) is 0 Å². The highest BCUT2D eigenvalue weighted by Gasteiger charge is 2.49. The Hall–Kier alpha value is -3.09. The Morgan fingerprint density at radius 3 is 2.40 bits per heavy atom. The molecule has 0 aromatic heterocycles. The van der Waals surface area contributed by atoms with Crippen molar-refractivity contribution in [1.29, 1.82) is 5.26 Å². The number of likely N-dealkylation sites (tertiary alicyclic amines) is 1. The van der Waals surface area contributed by atoms with Crippen LogP contribution in [0.2, 0.25) is 0 Å². The van der Waals surface area contributed by atoms with Gasteiger partial charge in [0.05, 0.1) is 24.0 Å². The SMILES string of the molecule is N#Cc1ccc(CNC(=O)[C@@H]2CCCN(C(=O)C3(NC(=O)C4CC4)CCC3)C2)c(CC(F)(F)F)c1. The summed E-state index contributed by atoms with van der Waals surface area (Å²) in [5.74, 6) is -1.01. The molecule has 2 saturated carbocycles. The van der Waals surface area contributed by atoms with Crippen molar-refractivity contribution >= 4 is 17.7 Å². The van der Waals surface area contributed by atoms with Gasteiger partial charge in [0.1, 0.15) is 5.54 Å². The van der Waals surface area contributed by atoms with E-state index in [2.05, 4.69) is 10.6 Å². The molecule has 3 amide bonds. The zero-order valence-corrected chi connectivity index (χ0v) is 19.4. The molecule has 1 aromatic rings. The van der Waals surface area contributed by atoms with Crippen LogP contribution < -0.4 is 10.6 Å². The number of piperidine rings is 1. The van der Waals surface area contributed by atoms with Gasteiger partial charge >= 0.3 is 6.18 Å². The smallest absolute Gasteiger partial charge is 0.352 e. The molecule has 1 saturated heterocycles. The van der Waals surface area contributed by atoms with Crippen molar-refractivity contribution in [2.24, 2.45) is 11.8 Å². The number of benzene rings is 1. The molecule has 7 nitrogen and oxygen atoms in total. The first kappa shape index (κ1) is 25.0. The summed E-state index contributed by atoms with van der Waals surface area (Å²) in [4.78, 5) is 40.2. The van der Waals surface area contributed by atoms with E-state index in [9.17, 15) is 27.6 Å². The number of nitrogens with zero attached hydrogens (tertiary/aromatic N) is 2. The van der Waals surface area contributed by atoms with Gasteiger partial charge in [-0.2, -0.15) is 18.4 Å². The Bertz CT molecular complexity index is 1040. The largest absolute Gasteiger partial charge is 0.393 e. The number of carbonyl (C=O) groups is 3. The summed E-state index contributed by atoms with van der Waals surface area (Å²) >= 11 is 0. The first-order valence-corrected chi connectivity index (χ1v) is 12.1. The minimum Gasteiger partial charge on any atom is -0.352 e. The van der Waals surface area contributed by atoms with E-state index in [0.717, 1.165) is 19.3 Å². The second-order valence-electron chi connectivity index (χ2n) is 9.89. The molecule has 10 heteroatoms. The molecule has 3 fully saturated rings. The molecule has 1 atom stereocenters. The number of nitriles is 1. The summed E-state index contributed by atoms with van der Waals surface area (Å²) in [6.07, 6.45) is -0.669. The van der Waals surface area contributed by atoms with Crippen LogP contribution in [0.15, 0.2) is 18.2 Å². The van der Waals surface area contributed by atoms with E-state index in [0.29, 0.717) is 37.8 Å². The Morgan fingerprint density at radius 1 is 1.06 bits per heavy atom. The minimum absolute atomic E-state index is 0.00428. The number of amides is 3. The number of hydrogen-bond donors (Lipinski definition) is 2. The van der Waals surface area contributed by atoms with Gasteiger partial charge in [-0.25, -0.2) is 0 Å². The topological polar surface area (TPSA) is 102 Å². The molecule has 4 rings (SSSR count). The zero-order valence-electron chi connectivity index (χ0n) is 19.4. The van der Waals surface area contributed by atoms with Crippen molar-refractivity contribution in [3.8, 4) is 6.07 Å². The molecule has 2 aliphatic carbocycles. The number of hydrogen-bond acceptors (Lipinski definition) is 4. The van der Waals surface area contributed by atoms with Crippen molar-refractivity contribution in [2.45, 2.75) is 69.6 Å². The first-order chi connectivity index (χ1) is 16.6. The van der Waals surface area contributed by atoms with Gasteiger partial charge in [-0.3, -0.25) is 14.4 Å². The maximum absolute atomic E-state index is 13.3. The lowest BCUT2D eigenvalue weighted by Crippen LogP contribution is -2.65. The van der Waals surface area contributed by atoms with Crippen molar-refractivity contribution in [1.82, 2.24) is 15.5 Å². The summed E-state index contributed by atoms with van der Waals surface area (Å²) in [7, 11) is 0. The molecule has 35 heavy (non-hydrogen) atoms. The minimum atomic E-state index is -4.44. The summed E-state index contributed by atoms with van der Waals surface area (Å²) < 4.78 is 39.0. The van der Waals surface area contributed by atoms with E-state index in [1.807, 2.05) is 6.07 Å². The van der Waals surface area contributed by atoms with Crippen molar-refractivity contribution in [2.75, 3.05) is 13.1 Å². The second kappa shape index (κ2) is 9.88. The fourth-order valence-electron chi connectivity index (χ4n) is 4.86. The van der Waals surface area contributed by atoms with Crippen LogP contribution in [0.4, 0.5) is 13.2 Å². The molecule has 2 N–H and O–H groups in total. The van der Waals surface area contributed by atoms with Crippen LogP contribution in [-0.4, -0.2) is 47.4 Å². The molecular formula is C25H29F3N4O3. The maximum atomic E-state index is 13.3. The number of rotatable bonds is 7. The van der Waals surface area contributed by atoms with Gasteiger partial charge in [-0.05, 0) is 68.2 Å². The van der Waals surface area contributed by atoms with Gasteiger partial charge < -0.3 is 15.5 Å². The van der Waals surface area contributed by atoms with Gasteiger partial charge in [-0.15, -0.1) is 0 Å². The predicted molar refractivity (Wildman–Crippen MR) is 120 cm³/mol. The molecule has 0 spiro atoms. The normalized spacial score (nSPS) is 21.4. The van der Waals surface area contributed by atoms with Gasteiger partial charge in [-0.1, -0.05) is 6.07 Å². The molecule has 1 heterocycles. The Morgan fingerprint density at radius 2 is 1.80 bits per heavy atom. The predicted octanol–water partition coefficient (Wildman–Crippen LogP) is 2.97. The molecule has 0 radical (unpaired) electrons. The number of carbonyl (C=O) groups excluding carboxylic acids is 3. The lowest BCUT2D eigenvalue weighted by molar-refractivity contribution is -0.148. The van der Waals surface area contributed by atoms with Crippen LogP contribution in [0.3, 0.4) is 0 Å². The highest BCUT2D eigenvalue weighted by atomic mass is 19.4. The third-order valence-electron chi connectivity index (χ3n) is 7.19. The third-order valence-corrected chi connectivity index (χ3v) is 7.19. The van der Waals surface area contributed by atoms with Crippen LogP contribution in [-0.2, 0) is 27.3 Å². The highest BCUT2D eigenvalue weighted by molar-refractivity contribution is 5.94. The second-order valence-corrected chi connectivity index (χ2v) is 9.89. The van der Waals surface area contributed by atoms with E-state index in [4.69, 9.17) is 5.26 Å². The fraction of sp³-hybridized carbons (Fsp3) is 0.600. The van der Waals surface area contributed by atoms with E-state index in [-0.39, 0.29) is 47.9 Å². The molecule has 1 aromatic carbocycles. The van der Waals surface area contributed by atoms with Crippen LogP contribution in [0.1, 0.15) is 61.6 Å². The lowest BCUT2D eigenvalue weighted by Gasteiger charge is -2.45. The van der Waals surface area contributed by atoms with E-state index in [1.54, 1.807) is 4.90 Å². The molecule has 1 aliphatic heterocycles. The van der Waals surface area contributed by atoms with Gasteiger partial charge in [0.15, 0.2) is 0 Å². The standard InChI is InChI=1S/C25H29F3N4O3/c26-25(27,28)12-20-11-16(13-29)4-5-18(20)14-30-21(33)19-3-1-10-32(15-19)23(35)24(8-2-9-24)31-22(34)17-6-7-17/h4-5,11,17,19H,1-3,6-10,12,14-15H2,(H,30,33)(H,31,34)/t19-/m1/s1. The van der Waals surface area contributed by atoms with E-state index < -0.39 is 24.1 Å². The summed E-state index contributed by atoms with van der Waals surface area (Å²) in [5.41, 5.74) is -0.489. The number of nitrogens with one attached hydrogen (secondary N) is 2. The molecule has 3 aliphatic rings.